The van der Waals surface area contributed by atoms with E-state index >= 15 is 0 Å². The number of ether oxygens (including phenoxy) is 1. The van der Waals surface area contributed by atoms with Crippen LogP contribution >= 0.6 is 0 Å². The molecule has 20 heavy (non-hydrogen) atoms. The Hall–Kier alpha value is -2.88. The number of rotatable bonds is 3. The first-order valence-corrected chi connectivity index (χ1v) is 5.80. The fourth-order valence-corrected chi connectivity index (χ4v) is 1.66. The van der Waals surface area contributed by atoms with E-state index in [1.54, 1.807) is 6.92 Å². The number of nitrogens with two attached hydrogens (primary N) is 1. The summed E-state index contributed by atoms with van der Waals surface area (Å²) >= 11 is 0. The minimum absolute atomic E-state index is 0.00200. The Morgan fingerprint density at radius 3 is 2.70 bits per heavy atom. The maximum absolute atomic E-state index is 12.9. The Bertz CT molecular complexity index is 686. The van der Waals surface area contributed by atoms with Gasteiger partial charge in [0.15, 0.2) is 5.69 Å². The molecule has 2 rings (SSSR count). The average Bonchev–Trinajstić information content (AvgIpc) is 2.77. The second-order valence-corrected chi connectivity index (χ2v) is 3.83. The predicted octanol–water partition coefficient (Wildman–Crippen LogP) is 1.64. The first kappa shape index (κ1) is 13.5. The standard InChI is InChI=1S/C13H11FN4O2/c1-2-20-13(19)11-10(7-15)12(16)18(17-11)9-5-3-8(14)4-6-9/h3-6H,2,16H2,1H3. The fraction of sp³-hybridized carbons (Fsp3) is 0.154. The lowest BCUT2D eigenvalue weighted by atomic mass is 10.2. The van der Waals surface area contributed by atoms with Crippen molar-refractivity contribution in [1.29, 1.82) is 5.26 Å². The summed E-state index contributed by atoms with van der Waals surface area (Å²) in [6, 6.07) is 7.16. The van der Waals surface area contributed by atoms with Gasteiger partial charge in [0.2, 0.25) is 0 Å². The zero-order valence-corrected chi connectivity index (χ0v) is 10.6. The number of benzene rings is 1. The highest BCUT2D eigenvalue weighted by molar-refractivity contribution is 5.92. The minimum atomic E-state index is -0.725. The Morgan fingerprint density at radius 2 is 2.15 bits per heavy atom. The van der Waals surface area contributed by atoms with Gasteiger partial charge in [-0.1, -0.05) is 0 Å². The summed E-state index contributed by atoms with van der Waals surface area (Å²) in [5.74, 6) is -1.13. The Kier molecular flexibility index (Phi) is 3.66. The number of halogens is 1. The second-order valence-electron chi connectivity index (χ2n) is 3.83. The fourth-order valence-electron chi connectivity index (χ4n) is 1.66. The zero-order chi connectivity index (χ0) is 14.7. The number of aromatic nitrogens is 2. The number of nitrogens with zero attached hydrogens (tertiary/aromatic N) is 3. The highest BCUT2D eigenvalue weighted by Gasteiger charge is 2.23. The maximum Gasteiger partial charge on any atom is 0.360 e. The van der Waals surface area contributed by atoms with Crippen molar-refractivity contribution in [3.05, 3.63) is 41.3 Å². The summed E-state index contributed by atoms with van der Waals surface area (Å²) in [4.78, 5) is 11.7. The van der Waals surface area contributed by atoms with Gasteiger partial charge in [0.1, 0.15) is 23.3 Å². The van der Waals surface area contributed by atoms with Crippen LogP contribution in [0.5, 0.6) is 0 Å². The Balaban J connectivity index is 2.53. The van der Waals surface area contributed by atoms with Crippen molar-refractivity contribution < 1.29 is 13.9 Å². The first-order valence-electron chi connectivity index (χ1n) is 5.80. The quantitative estimate of drug-likeness (QED) is 0.859. The van der Waals surface area contributed by atoms with Crippen molar-refractivity contribution in [2.75, 3.05) is 12.3 Å². The van der Waals surface area contributed by atoms with Gasteiger partial charge in [-0.05, 0) is 31.2 Å². The van der Waals surface area contributed by atoms with Crippen LogP contribution in [0.4, 0.5) is 10.2 Å². The Morgan fingerprint density at radius 1 is 1.50 bits per heavy atom. The molecule has 0 saturated carbocycles. The molecule has 2 aromatic rings. The number of carbonyl (C=O) groups excluding carboxylic acids is 1. The molecule has 2 N–H and O–H groups in total. The van der Waals surface area contributed by atoms with Crippen molar-refractivity contribution in [3.8, 4) is 11.8 Å². The van der Waals surface area contributed by atoms with Crippen LogP contribution in [0.25, 0.3) is 5.69 Å². The third-order valence-corrected chi connectivity index (χ3v) is 2.57. The Labute approximate surface area is 114 Å². The molecule has 0 unspecified atom stereocenters. The van der Waals surface area contributed by atoms with Gasteiger partial charge in [-0.25, -0.2) is 13.9 Å². The molecule has 0 aliphatic carbocycles. The van der Waals surface area contributed by atoms with Gasteiger partial charge in [-0.2, -0.15) is 10.4 Å². The van der Waals surface area contributed by atoms with Gasteiger partial charge in [0.25, 0.3) is 0 Å². The van der Waals surface area contributed by atoms with Crippen molar-refractivity contribution in [1.82, 2.24) is 9.78 Å². The van der Waals surface area contributed by atoms with E-state index in [-0.39, 0.29) is 23.7 Å². The van der Waals surface area contributed by atoms with E-state index < -0.39 is 11.8 Å². The molecule has 1 aromatic heterocycles. The van der Waals surface area contributed by atoms with Gasteiger partial charge < -0.3 is 10.5 Å². The summed E-state index contributed by atoms with van der Waals surface area (Å²) in [6.45, 7) is 1.80. The van der Waals surface area contributed by atoms with Crippen molar-refractivity contribution in [2.45, 2.75) is 6.92 Å². The molecule has 0 bridgehead atoms. The van der Waals surface area contributed by atoms with E-state index in [1.165, 1.54) is 28.9 Å². The summed E-state index contributed by atoms with van der Waals surface area (Å²) < 4.78 is 18.9. The molecule has 0 fully saturated rings. The number of nitriles is 1. The number of hydrogen-bond donors (Lipinski definition) is 1. The third-order valence-electron chi connectivity index (χ3n) is 2.57. The van der Waals surface area contributed by atoms with E-state index in [0.717, 1.165) is 0 Å². The molecule has 0 saturated heterocycles. The number of hydrogen-bond acceptors (Lipinski definition) is 5. The van der Waals surface area contributed by atoms with Crippen LogP contribution in [-0.4, -0.2) is 22.4 Å². The van der Waals surface area contributed by atoms with E-state index in [9.17, 15) is 9.18 Å². The lowest BCUT2D eigenvalue weighted by Gasteiger charge is -2.03. The smallest absolute Gasteiger partial charge is 0.360 e. The highest BCUT2D eigenvalue weighted by Crippen LogP contribution is 2.21. The topological polar surface area (TPSA) is 93.9 Å². The summed E-state index contributed by atoms with van der Waals surface area (Å²) in [5.41, 5.74) is 6.02. The lowest BCUT2D eigenvalue weighted by molar-refractivity contribution is 0.0518. The first-order chi connectivity index (χ1) is 9.58. The number of nitrogen functional groups attached to an aromatic ring is 1. The van der Waals surface area contributed by atoms with Crippen LogP contribution in [0.2, 0.25) is 0 Å². The van der Waals surface area contributed by atoms with E-state index in [0.29, 0.717) is 5.69 Å². The highest BCUT2D eigenvalue weighted by atomic mass is 19.1. The molecule has 0 aliphatic rings. The molecule has 0 spiro atoms. The maximum atomic E-state index is 12.9. The molecule has 0 aliphatic heterocycles. The summed E-state index contributed by atoms with van der Waals surface area (Å²) in [5, 5.41) is 13.0. The van der Waals surface area contributed by atoms with Gasteiger partial charge in [-0.3, -0.25) is 0 Å². The summed E-state index contributed by atoms with van der Waals surface area (Å²) in [6.07, 6.45) is 0. The largest absolute Gasteiger partial charge is 0.461 e. The predicted molar refractivity (Wildman–Crippen MR) is 68.6 cm³/mol. The molecule has 0 amide bonds. The third kappa shape index (κ3) is 2.31. The van der Waals surface area contributed by atoms with Crippen molar-refractivity contribution in [3.63, 3.8) is 0 Å². The lowest BCUT2D eigenvalue weighted by Crippen LogP contribution is -2.08. The van der Waals surface area contributed by atoms with Crippen molar-refractivity contribution >= 4 is 11.8 Å². The minimum Gasteiger partial charge on any atom is -0.461 e. The molecule has 0 radical (unpaired) electrons. The number of carbonyl (C=O) groups is 1. The molecular weight excluding hydrogens is 263 g/mol. The molecule has 1 heterocycles. The molecular formula is C13H11FN4O2. The van der Waals surface area contributed by atoms with Crippen LogP contribution < -0.4 is 5.73 Å². The normalized spacial score (nSPS) is 10.1. The van der Waals surface area contributed by atoms with Gasteiger partial charge in [0.05, 0.1) is 12.3 Å². The van der Waals surface area contributed by atoms with Crippen LogP contribution in [0.15, 0.2) is 24.3 Å². The zero-order valence-electron chi connectivity index (χ0n) is 10.6. The van der Waals surface area contributed by atoms with Crippen LogP contribution in [0.3, 0.4) is 0 Å². The van der Waals surface area contributed by atoms with Crippen molar-refractivity contribution in [2.24, 2.45) is 0 Å². The molecule has 102 valence electrons. The molecule has 1 aromatic carbocycles. The van der Waals surface area contributed by atoms with Gasteiger partial charge in [-0.15, -0.1) is 0 Å². The molecule has 0 atom stereocenters. The van der Waals surface area contributed by atoms with E-state index in [2.05, 4.69) is 5.10 Å². The average molecular weight is 274 g/mol. The SMILES string of the molecule is CCOC(=O)c1nn(-c2ccc(F)cc2)c(N)c1C#N. The van der Waals surface area contributed by atoms with Crippen LogP contribution in [0, 0.1) is 17.1 Å². The summed E-state index contributed by atoms with van der Waals surface area (Å²) in [7, 11) is 0. The number of anilines is 1. The molecule has 6 nitrogen and oxygen atoms in total. The van der Waals surface area contributed by atoms with E-state index in [1.807, 2.05) is 6.07 Å². The second kappa shape index (κ2) is 5.40. The van der Waals surface area contributed by atoms with Gasteiger partial charge in [0, 0.05) is 0 Å². The van der Waals surface area contributed by atoms with Crippen LogP contribution in [-0.2, 0) is 4.74 Å². The van der Waals surface area contributed by atoms with Crippen LogP contribution in [0.1, 0.15) is 23.0 Å². The number of esters is 1. The van der Waals surface area contributed by atoms with Gasteiger partial charge >= 0.3 is 5.97 Å². The monoisotopic (exact) mass is 274 g/mol. The van der Waals surface area contributed by atoms with E-state index in [4.69, 9.17) is 15.7 Å². The molecule has 7 heteroatoms.